The minimum atomic E-state index is 0.304. The second-order valence-electron chi connectivity index (χ2n) is 8.24. The largest absolute Gasteiger partial charge is 0.397 e. The summed E-state index contributed by atoms with van der Waals surface area (Å²) < 4.78 is 0. The van der Waals surface area contributed by atoms with E-state index in [2.05, 4.69) is 75.8 Å². The summed E-state index contributed by atoms with van der Waals surface area (Å²) in [6.45, 7) is 6.17. The number of anilines is 2. The Morgan fingerprint density at radius 2 is 1.38 bits per heavy atom. The van der Waals surface area contributed by atoms with Crippen molar-refractivity contribution < 1.29 is 0 Å². The molecule has 0 bridgehead atoms. The van der Waals surface area contributed by atoms with E-state index >= 15 is 0 Å². The van der Waals surface area contributed by atoms with Crippen molar-refractivity contribution in [2.45, 2.75) is 12.5 Å². The van der Waals surface area contributed by atoms with Gasteiger partial charge in [0.25, 0.3) is 0 Å². The van der Waals surface area contributed by atoms with Gasteiger partial charge in [-0.05, 0) is 36.2 Å². The number of benzene rings is 3. The molecule has 1 saturated heterocycles. The van der Waals surface area contributed by atoms with Crippen molar-refractivity contribution in [2.75, 3.05) is 50.3 Å². The van der Waals surface area contributed by atoms with Gasteiger partial charge in [-0.25, -0.2) is 0 Å². The molecule has 6 heteroatoms. The Morgan fingerprint density at radius 1 is 0.812 bits per heavy atom. The summed E-state index contributed by atoms with van der Waals surface area (Å²) in [4.78, 5) is 5.15. The molecule has 4 nitrogen and oxygen atoms in total. The summed E-state index contributed by atoms with van der Waals surface area (Å²) in [7, 11) is 0. The number of nitrogens with zero attached hydrogens (tertiary/aromatic N) is 2. The first-order chi connectivity index (χ1) is 15.6. The molecular weight excluding hydrogens is 439 g/mol. The highest BCUT2D eigenvalue weighted by Crippen LogP contribution is 2.31. The van der Waals surface area contributed by atoms with E-state index in [1.165, 1.54) is 11.1 Å². The molecule has 0 aromatic heterocycles. The average molecular weight is 469 g/mol. The zero-order valence-electron chi connectivity index (χ0n) is 18.2. The first-order valence-corrected chi connectivity index (χ1v) is 11.9. The SMILES string of the molecule is Nc1cc(Cl)c(Cl)cc1NCCCN1CCN(C(c2ccccc2)c2ccccc2)CC1. The Bertz CT molecular complexity index is 950. The lowest BCUT2D eigenvalue weighted by molar-refractivity contribution is 0.109. The highest BCUT2D eigenvalue weighted by Gasteiger charge is 2.26. The number of halogens is 2. The molecule has 1 fully saturated rings. The highest BCUT2D eigenvalue weighted by molar-refractivity contribution is 6.42. The number of nitrogens with two attached hydrogens (primary N) is 1. The Hall–Kier alpha value is -2.24. The van der Waals surface area contributed by atoms with Crippen LogP contribution in [0.5, 0.6) is 0 Å². The van der Waals surface area contributed by atoms with E-state index in [4.69, 9.17) is 28.9 Å². The van der Waals surface area contributed by atoms with Crippen LogP contribution >= 0.6 is 23.2 Å². The van der Waals surface area contributed by atoms with Crippen LogP contribution in [0.3, 0.4) is 0 Å². The van der Waals surface area contributed by atoms with Crippen molar-refractivity contribution in [3.63, 3.8) is 0 Å². The third-order valence-corrected chi connectivity index (χ3v) is 6.78. The van der Waals surface area contributed by atoms with E-state index in [1.807, 2.05) is 0 Å². The molecule has 1 heterocycles. The summed E-state index contributed by atoms with van der Waals surface area (Å²) in [5, 5.41) is 4.39. The van der Waals surface area contributed by atoms with Crippen LogP contribution in [0, 0.1) is 0 Å². The van der Waals surface area contributed by atoms with Gasteiger partial charge in [-0.15, -0.1) is 0 Å². The van der Waals surface area contributed by atoms with Crippen molar-refractivity contribution >= 4 is 34.6 Å². The van der Waals surface area contributed by atoms with Crippen molar-refractivity contribution in [3.8, 4) is 0 Å². The van der Waals surface area contributed by atoms with E-state index in [0.29, 0.717) is 21.8 Å². The van der Waals surface area contributed by atoms with Gasteiger partial charge in [-0.3, -0.25) is 4.90 Å². The Morgan fingerprint density at radius 3 is 1.97 bits per heavy atom. The standard InChI is InChI=1S/C26H30Cl2N4/c27-22-18-24(29)25(19-23(22)28)30-12-7-13-31-14-16-32(17-15-31)26(20-8-3-1-4-9-20)21-10-5-2-6-11-21/h1-6,8-11,18-19,26,30H,7,12-17,29H2. The van der Waals surface area contributed by atoms with Gasteiger partial charge in [0, 0.05) is 32.7 Å². The van der Waals surface area contributed by atoms with Crippen molar-refractivity contribution in [3.05, 3.63) is 94.0 Å². The topological polar surface area (TPSA) is 44.5 Å². The smallest absolute Gasteiger partial charge is 0.0614 e. The zero-order chi connectivity index (χ0) is 22.3. The minimum Gasteiger partial charge on any atom is -0.397 e. The normalized spacial score (nSPS) is 15.2. The first kappa shape index (κ1) is 22.9. The summed E-state index contributed by atoms with van der Waals surface area (Å²) in [5.41, 5.74) is 10.2. The fraction of sp³-hybridized carbons (Fsp3) is 0.308. The van der Waals surface area contributed by atoms with E-state index < -0.39 is 0 Å². The monoisotopic (exact) mass is 468 g/mol. The molecule has 3 aromatic rings. The highest BCUT2D eigenvalue weighted by atomic mass is 35.5. The summed E-state index contributed by atoms with van der Waals surface area (Å²) >= 11 is 12.1. The van der Waals surface area contributed by atoms with E-state index in [0.717, 1.165) is 51.4 Å². The van der Waals surface area contributed by atoms with E-state index in [-0.39, 0.29) is 0 Å². The first-order valence-electron chi connectivity index (χ1n) is 11.2. The number of piperazine rings is 1. The molecule has 1 aliphatic heterocycles. The summed E-state index contributed by atoms with van der Waals surface area (Å²) in [5.74, 6) is 0. The zero-order valence-corrected chi connectivity index (χ0v) is 19.7. The number of nitrogen functional groups attached to an aromatic ring is 1. The maximum Gasteiger partial charge on any atom is 0.0614 e. The molecule has 0 saturated carbocycles. The Labute approximate surface area is 200 Å². The fourth-order valence-electron chi connectivity index (χ4n) is 4.37. The molecule has 0 aliphatic carbocycles. The van der Waals surface area contributed by atoms with Gasteiger partial charge in [0.1, 0.15) is 0 Å². The number of hydrogen-bond acceptors (Lipinski definition) is 4. The predicted octanol–water partition coefficient (Wildman–Crippen LogP) is 5.78. The molecular formula is C26H30Cl2N4. The van der Waals surface area contributed by atoms with Crippen LogP contribution in [0.4, 0.5) is 11.4 Å². The van der Waals surface area contributed by atoms with Crippen LogP contribution in [-0.4, -0.2) is 49.1 Å². The Balaban J connectivity index is 1.29. The minimum absolute atomic E-state index is 0.304. The molecule has 3 aromatic carbocycles. The molecule has 0 amide bonds. The summed E-state index contributed by atoms with van der Waals surface area (Å²) in [6, 6.07) is 25.5. The van der Waals surface area contributed by atoms with Gasteiger partial charge in [-0.2, -0.15) is 0 Å². The van der Waals surface area contributed by atoms with Crippen LogP contribution in [0.25, 0.3) is 0 Å². The molecule has 0 unspecified atom stereocenters. The predicted molar refractivity (Wildman–Crippen MR) is 137 cm³/mol. The van der Waals surface area contributed by atoms with Gasteiger partial charge in [0.05, 0.1) is 27.5 Å². The number of nitrogens with one attached hydrogen (secondary N) is 1. The van der Waals surface area contributed by atoms with Crippen LogP contribution in [0.1, 0.15) is 23.6 Å². The molecule has 0 radical (unpaired) electrons. The number of rotatable bonds is 8. The third-order valence-electron chi connectivity index (χ3n) is 6.06. The van der Waals surface area contributed by atoms with Crippen LogP contribution < -0.4 is 11.1 Å². The van der Waals surface area contributed by atoms with Gasteiger partial charge < -0.3 is 16.0 Å². The quantitative estimate of drug-likeness (QED) is 0.324. The van der Waals surface area contributed by atoms with Crippen molar-refractivity contribution in [1.82, 2.24) is 9.80 Å². The lowest BCUT2D eigenvalue weighted by Crippen LogP contribution is -2.48. The molecule has 168 valence electrons. The van der Waals surface area contributed by atoms with Crippen LogP contribution in [-0.2, 0) is 0 Å². The maximum absolute atomic E-state index is 6.11. The van der Waals surface area contributed by atoms with Gasteiger partial charge in [0.2, 0.25) is 0 Å². The fourth-order valence-corrected chi connectivity index (χ4v) is 4.71. The van der Waals surface area contributed by atoms with Crippen molar-refractivity contribution in [2.24, 2.45) is 0 Å². The van der Waals surface area contributed by atoms with Crippen LogP contribution in [0.2, 0.25) is 10.0 Å². The van der Waals surface area contributed by atoms with Gasteiger partial charge in [0.15, 0.2) is 0 Å². The lowest BCUT2D eigenvalue weighted by atomic mass is 9.96. The summed E-state index contributed by atoms with van der Waals surface area (Å²) in [6.07, 6.45) is 1.04. The molecule has 32 heavy (non-hydrogen) atoms. The molecule has 0 atom stereocenters. The molecule has 1 aliphatic rings. The van der Waals surface area contributed by atoms with E-state index in [9.17, 15) is 0 Å². The molecule has 0 spiro atoms. The third kappa shape index (κ3) is 5.76. The Kier molecular flexibility index (Phi) is 7.93. The maximum atomic E-state index is 6.11. The van der Waals surface area contributed by atoms with Crippen LogP contribution in [0.15, 0.2) is 72.8 Å². The average Bonchev–Trinajstić information content (AvgIpc) is 2.82. The lowest BCUT2D eigenvalue weighted by Gasteiger charge is -2.40. The second-order valence-corrected chi connectivity index (χ2v) is 9.05. The molecule has 4 rings (SSSR count). The van der Waals surface area contributed by atoms with Crippen molar-refractivity contribution in [1.29, 1.82) is 0 Å². The van der Waals surface area contributed by atoms with E-state index in [1.54, 1.807) is 12.1 Å². The van der Waals surface area contributed by atoms with Gasteiger partial charge >= 0.3 is 0 Å². The van der Waals surface area contributed by atoms with Gasteiger partial charge in [-0.1, -0.05) is 83.9 Å². The number of hydrogen-bond donors (Lipinski definition) is 2. The second kappa shape index (κ2) is 11.1. The molecule has 3 N–H and O–H groups in total.